The highest BCUT2D eigenvalue weighted by molar-refractivity contribution is 5.91. The monoisotopic (exact) mass is 322 g/mol. The molecule has 0 bridgehead atoms. The average Bonchev–Trinajstić information content (AvgIpc) is 3.03. The van der Waals surface area contributed by atoms with Gasteiger partial charge in [0.25, 0.3) is 0 Å². The van der Waals surface area contributed by atoms with Crippen molar-refractivity contribution in [3.05, 3.63) is 72.1 Å². The standard InChI is InChI=1S/C18H18N4O2/c1-14-7-5-6-10-17(14)19-18(23)12-22-11-15(20-21-22)13-24-16-8-3-2-4-9-16/h2-11H,12-13H2,1H3,(H,19,23). The third-order valence-electron chi connectivity index (χ3n) is 3.44. The number of rotatable bonds is 6. The molecule has 1 N–H and O–H groups in total. The molecular formula is C18H18N4O2. The lowest BCUT2D eigenvalue weighted by Gasteiger charge is -2.07. The highest BCUT2D eigenvalue weighted by Gasteiger charge is 2.08. The van der Waals surface area contributed by atoms with Gasteiger partial charge in [0.2, 0.25) is 5.91 Å². The Kier molecular flexibility index (Phi) is 4.86. The van der Waals surface area contributed by atoms with E-state index in [1.807, 2.05) is 61.5 Å². The van der Waals surface area contributed by atoms with Crippen molar-refractivity contribution in [1.29, 1.82) is 0 Å². The van der Waals surface area contributed by atoms with Crippen LogP contribution in [0.2, 0.25) is 0 Å². The molecule has 0 fully saturated rings. The second kappa shape index (κ2) is 7.41. The molecule has 0 aliphatic carbocycles. The number of para-hydroxylation sites is 2. The molecule has 6 heteroatoms. The number of ether oxygens (including phenoxy) is 1. The number of benzene rings is 2. The Morgan fingerprint density at radius 3 is 2.67 bits per heavy atom. The van der Waals surface area contributed by atoms with Crippen LogP contribution in [0.25, 0.3) is 0 Å². The number of carbonyl (C=O) groups is 1. The smallest absolute Gasteiger partial charge is 0.246 e. The van der Waals surface area contributed by atoms with Crippen LogP contribution in [0.1, 0.15) is 11.3 Å². The summed E-state index contributed by atoms with van der Waals surface area (Å²) in [5.74, 6) is 0.620. The van der Waals surface area contributed by atoms with Crippen LogP contribution in [0.3, 0.4) is 0 Å². The number of aromatic nitrogens is 3. The first-order chi connectivity index (χ1) is 11.7. The Balaban J connectivity index is 1.54. The molecule has 6 nitrogen and oxygen atoms in total. The summed E-state index contributed by atoms with van der Waals surface area (Å²) in [6.07, 6.45) is 1.71. The summed E-state index contributed by atoms with van der Waals surface area (Å²) < 4.78 is 7.10. The summed E-state index contributed by atoms with van der Waals surface area (Å²) in [7, 11) is 0. The zero-order chi connectivity index (χ0) is 16.8. The zero-order valence-corrected chi connectivity index (χ0v) is 13.3. The summed E-state index contributed by atoms with van der Waals surface area (Å²) in [6.45, 7) is 2.36. The van der Waals surface area contributed by atoms with E-state index < -0.39 is 0 Å². The Morgan fingerprint density at radius 1 is 1.12 bits per heavy atom. The van der Waals surface area contributed by atoms with Crippen LogP contribution in [0.4, 0.5) is 5.69 Å². The van der Waals surface area contributed by atoms with Crippen LogP contribution < -0.4 is 10.1 Å². The number of aryl methyl sites for hydroxylation is 1. The van der Waals surface area contributed by atoms with Crippen molar-refractivity contribution < 1.29 is 9.53 Å². The first kappa shape index (κ1) is 15.7. The minimum Gasteiger partial charge on any atom is -0.487 e. The number of carbonyl (C=O) groups excluding carboxylic acids is 1. The van der Waals surface area contributed by atoms with E-state index in [4.69, 9.17) is 4.74 Å². The summed E-state index contributed by atoms with van der Waals surface area (Å²) in [5.41, 5.74) is 2.49. The molecule has 2 aromatic carbocycles. The minimum atomic E-state index is -0.148. The van der Waals surface area contributed by atoms with Gasteiger partial charge in [0, 0.05) is 5.69 Å². The predicted octanol–water partition coefficient (Wildman–Crippen LogP) is 2.80. The fraction of sp³-hybridized carbons (Fsp3) is 0.167. The maximum Gasteiger partial charge on any atom is 0.246 e. The highest BCUT2D eigenvalue weighted by Crippen LogP contribution is 2.13. The third-order valence-corrected chi connectivity index (χ3v) is 3.44. The average molecular weight is 322 g/mol. The lowest BCUT2D eigenvalue weighted by molar-refractivity contribution is -0.116. The summed E-state index contributed by atoms with van der Waals surface area (Å²) in [4.78, 5) is 12.1. The Hall–Kier alpha value is -3.15. The van der Waals surface area contributed by atoms with Crippen LogP contribution in [0, 0.1) is 6.92 Å². The molecule has 0 saturated carbocycles. The van der Waals surface area contributed by atoms with E-state index in [0.717, 1.165) is 17.0 Å². The fourth-order valence-electron chi connectivity index (χ4n) is 2.21. The third kappa shape index (κ3) is 4.19. The van der Waals surface area contributed by atoms with E-state index in [0.29, 0.717) is 12.3 Å². The van der Waals surface area contributed by atoms with E-state index in [1.54, 1.807) is 6.20 Å². The van der Waals surface area contributed by atoms with Crippen LogP contribution in [-0.2, 0) is 17.9 Å². The maximum atomic E-state index is 12.1. The number of nitrogens with zero attached hydrogens (tertiary/aromatic N) is 3. The molecule has 122 valence electrons. The van der Waals surface area contributed by atoms with Gasteiger partial charge in [-0.1, -0.05) is 41.6 Å². The van der Waals surface area contributed by atoms with Gasteiger partial charge in [-0.25, -0.2) is 4.68 Å². The molecule has 1 heterocycles. The van der Waals surface area contributed by atoms with Crippen LogP contribution in [-0.4, -0.2) is 20.9 Å². The van der Waals surface area contributed by atoms with Crippen molar-refractivity contribution in [2.75, 3.05) is 5.32 Å². The van der Waals surface area contributed by atoms with Crippen molar-refractivity contribution in [2.24, 2.45) is 0 Å². The van der Waals surface area contributed by atoms with E-state index in [-0.39, 0.29) is 12.5 Å². The lowest BCUT2D eigenvalue weighted by atomic mass is 10.2. The largest absolute Gasteiger partial charge is 0.487 e. The normalized spacial score (nSPS) is 10.4. The van der Waals surface area contributed by atoms with Crippen molar-refractivity contribution in [1.82, 2.24) is 15.0 Å². The van der Waals surface area contributed by atoms with E-state index in [9.17, 15) is 4.79 Å². The number of hydrogen-bond acceptors (Lipinski definition) is 4. The Bertz CT molecular complexity index is 815. The lowest BCUT2D eigenvalue weighted by Crippen LogP contribution is -2.19. The molecule has 3 rings (SSSR count). The number of hydrogen-bond donors (Lipinski definition) is 1. The fourth-order valence-corrected chi connectivity index (χ4v) is 2.21. The molecule has 24 heavy (non-hydrogen) atoms. The van der Waals surface area contributed by atoms with Gasteiger partial charge < -0.3 is 10.1 Å². The molecule has 0 aliphatic heterocycles. The molecule has 0 radical (unpaired) electrons. The molecule has 0 spiro atoms. The number of nitrogens with one attached hydrogen (secondary N) is 1. The summed E-state index contributed by atoms with van der Waals surface area (Å²) >= 11 is 0. The summed E-state index contributed by atoms with van der Waals surface area (Å²) in [5, 5.41) is 10.8. The SMILES string of the molecule is Cc1ccccc1NC(=O)Cn1cc(COc2ccccc2)nn1. The zero-order valence-electron chi connectivity index (χ0n) is 13.3. The molecule has 0 saturated heterocycles. The Morgan fingerprint density at radius 2 is 1.88 bits per heavy atom. The van der Waals surface area contributed by atoms with Gasteiger partial charge in [-0.05, 0) is 30.7 Å². The first-order valence-electron chi connectivity index (χ1n) is 7.63. The van der Waals surface area contributed by atoms with Crippen LogP contribution >= 0.6 is 0 Å². The van der Waals surface area contributed by atoms with Gasteiger partial charge in [0.05, 0.1) is 6.20 Å². The molecule has 0 atom stereocenters. The maximum absolute atomic E-state index is 12.1. The molecule has 1 aromatic heterocycles. The van der Waals surface area contributed by atoms with Gasteiger partial charge in [-0.15, -0.1) is 5.10 Å². The summed E-state index contributed by atoms with van der Waals surface area (Å²) in [6, 6.07) is 17.1. The van der Waals surface area contributed by atoms with Gasteiger partial charge >= 0.3 is 0 Å². The number of anilines is 1. The topological polar surface area (TPSA) is 69.0 Å². The van der Waals surface area contributed by atoms with Gasteiger partial charge in [-0.3, -0.25) is 4.79 Å². The Labute approximate surface area is 140 Å². The molecule has 0 aliphatic rings. The minimum absolute atomic E-state index is 0.104. The van der Waals surface area contributed by atoms with E-state index in [1.165, 1.54) is 4.68 Å². The molecule has 3 aromatic rings. The molecule has 0 unspecified atom stereocenters. The molecular weight excluding hydrogens is 304 g/mol. The van der Waals surface area contributed by atoms with Gasteiger partial charge in [-0.2, -0.15) is 0 Å². The second-order valence-electron chi connectivity index (χ2n) is 5.37. The van der Waals surface area contributed by atoms with Crippen molar-refractivity contribution in [3.63, 3.8) is 0 Å². The quantitative estimate of drug-likeness (QED) is 0.757. The van der Waals surface area contributed by atoms with E-state index >= 15 is 0 Å². The van der Waals surface area contributed by atoms with Crippen LogP contribution in [0.15, 0.2) is 60.8 Å². The first-order valence-corrected chi connectivity index (χ1v) is 7.63. The van der Waals surface area contributed by atoms with Crippen molar-refractivity contribution in [2.45, 2.75) is 20.1 Å². The highest BCUT2D eigenvalue weighted by atomic mass is 16.5. The van der Waals surface area contributed by atoms with Gasteiger partial charge in [0.1, 0.15) is 24.6 Å². The van der Waals surface area contributed by atoms with Crippen molar-refractivity contribution in [3.8, 4) is 5.75 Å². The van der Waals surface area contributed by atoms with Gasteiger partial charge in [0.15, 0.2) is 0 Å². The number of amides is 1. The molecule has 1 amide bonds. The second-order valence-corrected chi connectivity index (χ2v) is 5.37. The van der Waals surface area contributed by atoms with Crippen molar-refractivity contribution >= 4 is 11.6 Å². The predicted molar refractivity (Wildman–Crippen MR) is 90.6 cm³/mol. The van der Waals surface area contributed by atoms with Crippen LogP contribution in [0.5, 0.6) is 5.75 Å². The van der Waals surface area contributed by atoms with E-state index in [2.05, 4.69) is 15.6 Å².